The number of carbonyl (C=O) groups excluding carboxylic acids is 1. The number of thioether (sulfide) groups is 1. The highest BCUT2D eigenvalue weighted by Gasteiger charge is 2.23. The summed E-state index contributed by atoms with van der Waals surface area (Å²) in [5.41, 5.74) is 1.14. The average molecular weight is 416 g/mol. The molecule has 0 unspecified atom stereocenters. The van der Waals surface area contributed by atoms with Crippen LogP contribution in [0.15, 0.2) is 45.4 Å². The van der Waals surface area contributed by atoms with Crippen molar-refractivity contribution < 1.29 is 9.21 Å². The van der Waals surface area contributed by atoms with E-state index in [9.17, 15) is 9.59 Å². The summed E-state index contributed by atoms with van der Waals surface area (Å²) in [5, 5.41) is 1.32. The number of furan rings is 1. The van der Waals surface area contributed by atoms with Gasteiger partial charge in [0.25, 0.3) is 5.56 Å². The summed E-state index contributed by atoms with van der Waals surface area (Å²) < 4.78 is 6.92. The van der Waals surface area contributed by atoms with E-state index in [4.69, 9.17) is 9.40 Å². The minimum Gasteiger partial charge on any atom is -0.467 e. The fourth-order valence-electron chi connectivity index (χ4n) is 3.42. The number of hydrogen-bond acceptors (Lipinski definition) is 6. The highest BCUT2D eigenvalue weighted by Crippen LogP contribution is 2.35. The number of allylic oxidation sites excluding steroid dienone is 1. The predicted molar refractivity (Wildman–Crippen MR) is 112 cm³/mol. The van der Waals surface area contributed by atoms with Crippen LogP contribution in [0.4, 0.5) is 0 Å². The molecule has 0 aromatic carbocycles. The minimum atomic E-state index is -0.0467. The molecule has 4 rings (SSSR count). The first-order chi connectivity index (χ1) is 13.6. The highest BCUT2D eigenvalue weighted by atomic mass is 32.2. The van der Waals surface area contributed by atoms with Crippen LogP contribution in [0.25, 0.3) is 10.2 Å². The average Bonchev–Trinajstić information content (AvgIpc) is 3.39. The predicted octanol–water partition coefficient (Wildman–Crippen LogP) is 3.48. The second-order valence-electron chi connectivity index (χ2n) is 6.75. The molecule has 1 amide bonds. The standard InChI is InChI=1S/C20H21N3O3S2/c1-3-9-23-19(25)17-14-7-4-8-15(14)28-18(17)21-20(23)27-12-16(24)22(2)11-13-6-5-10-26-13/h3,5-6,10H,1,4,7-9,11-12H2,2H3. The maximum Gasteiger partial charge on any atom is 0.263 e. The molecule has 6 nitrogen and oxygen atoms in total. The molecule has 1 aliphatic rings. The Morgan fingerprint density at radius 1 is 1.50 bits per heavy atom. The maximum atomic E-state index is 13.1. The summed E-state index contributed by atoms with van der Waals surface area (Å²) >= 11 is 2.91. The zero-order valence-corrected chi connectivity index (χ0v) is 17.3. The molecule has 0 bridgehead atoms. The van der Waals surface area contributed by atoms with Gasteiger partial charge in [-0.1, -0.05) is 17.8 Å². The Bertz CT molecular complexity index is 1080. The third kappa shape index (κ3) is 3.54. The molecule has 146 valence electrons. The van der Waals surface area contributed by atoms with Crippen molar-refractivity contribution in [1.29, 1.82) is 0 Å². The van der Waals surface area contributed by atoms with Crippen molar-refractivity contribution in [1.82, 2.24) is 14.5 Å². The Morgan fingerprint density at radius 2 is 2.36 bits per heavy atom. The third-order valence-corrected chi connectivity index (χ3v) is 6.97. The molecular formula is C20H21N3O3S2. The lowest BCUT2D eigenvalue weighted by atomic mass is 10.2. The largest absolute Gasteiger partial charge is 0.467 e. The molecule has 3 aromatic heterocycles. The van der Waals surface area contributed by atoms with Crippen LogP contribution in [0.3, 0.4) is 0 Å². The lowest BCUT2D eigenvalue weighted by molar-refractivity contribution is -0.127. The van der Waals surface area contributed by atoms with Gasteiger partial charge < -0.3 is 9.32 Å². The first kappa shape index (κ1) is 19.0. The second kappa shape index (κ2) is 7.97. The molecule has 0 aliphatic heterocycles. The second-order valence-corrected chi connectivity index (χ2v) is 8.78. The Labute approximate surface area is 170 Å². The molecule has 1 aliphatic carbocycles. The quantitative estimate of drug-likeness (QED) is 0.336. The number of nitrogens with zero attached hydrogens (tertiary/aromatic N) is 3. The topological polar surface area (TPSA) is 68.3 Å². The first-order valence-electron chi connectivity index (χ1n) is 9.13. The lowest BCUT2D eigenvalue weighted by Crippen LogP contribution is -2.28. The maximum absolute atomic E-state index is 13.1. The Balaban J connectivity index is 1.57. The molecule has 0 N–H and O–H groups in total. The van der Waals surface area contributed by atoms with E-state index in [1.807, 2.05) is 6.07 Å². The number of aryl methyl sites for hydroxylation is 2. The van der Waals surface area contributed by atoms with Crippen molar-refractivity contribution in [2.45, 2.75) is 37.5 Å². The van der Waals surface area contributed by atoms with Crippen LogP contribution < -0.4 is 5.56 Å². The number of rotatable bonds is 7. The van der Waals surface area contributed by atoms with E-state index in [2.05, 4.69) is 6.58 Å². The molecule has 0 saturated heterocycles. The zero-order valence-electron chi connectivity index (χ0n) is 15.6. The van der Waals surface area contributed by atoms with Gasteiger partial charge in [-0.15, -0.1) is 17.9 Å². The summed E-state index contributed by atoms with van der Waals surface area (Å²) in [6.45, 7) is 4.56. The molecule has 0 atom stereocenters. The van der Waals surface area contributed by atoms with Gasteiger partial charge in [-0.25, -0.2) is 4.98 Å². The Hall–Kier alpha value is -2.32. The monoisotopic (exact) mass is 415 g/mol. The number of carbonyl (C=O) groups is 1. The molecule has 0 spiro atoms. The van der Waals surface area contributed by atoms with E-state index in [0.717, 1.165) is 35.2 Å². The fraction of sp³-hybridized carbons (Fsp3) is 0.350. The van der Waals surface area contributed by atoms with Crippen molar-refractivity contribution >= 4 is 39.2 Å². The number of fused-ring (bicyclic) bond motifs is 3. The van der Waals surface area contributed by atoms with E-state index in [0.29, 0.717) is 18.2 Å². The fourth-order valence-corrected chi connectivity index (χ4v) is 5.67. The van der Waals surface area contributed by atoms with Crippen molar-refractivity contribution in [3.63, 3.8) is 0 Å². The van der Waals surface area contributed by atoms with E-state index in [1.54, 1.807) is 46.3 Å². The van der Waals surface area contributed by atoms with Crippen molar-refractivity contribution in [2.75, 3.05) is 12.8 Å². The van der Waals surface area contributed by atoms with Crippen LogP contribution >= 0.6 is 23.1 Å². The third-order valence-electron chi connectivity index (χ3n) is 4.83. The van der Waals surface area contributed by atoms with Gasteiger partial charge in [0.1, 0.15) is 10.6 Å². The normalized spacial score (nSPS) is 13.0. The summed E-state index contributed by atoms with van der Waals surface area (Å²) in [4.78, 5) is 34.0. The lowest BCUT2D eigenvalue weighted by Gasteiger charge is -2.16. The van der Waals surface area contributed by atoms with Gasteiger partial charge in [-0.3, -0.25) is 14.2 Å². The van der Waals surface area contributed by atoms with E-state index in [1.165, 1.54) is 22.2 Å². The summed E-state index contributed by atoms with van der Waals surface area (Å²) in [6, 6.07) is 3.64. The van der Waals surface area contributed by atoms with Crippen LogP contribution in [0.1, 0.15) is 22.6 Å². The van der Waals surface area contributed by atoms with E-state index >= 15 is 0 Å². The van der Waals surface area contributed by atoms with E-state index < -0.39 is 0 Å². The zero-order chi connectivity index (χ0) is 19.7. The van der Waals surface area contributed by atoms with Gasteiger partial charge in [0, 0.05) is 18.5 Å². The van der Waals surface area contributed by atoms with Gasteiger partial charge >= 0.3 is 0 Å². The molecule has 0 saturated carbocycles. The van der Waals surface area contributed by atoms with Crippen LogP contribution in [0, 0.1) is 0 Å². The molecular weight excluding hydrogens is 394 g/mol. The van der Waals surface area contributed by atoms with E-state index in [-0.39, 0.29) is 17.2 Å². The number of hydrogen-bond donors (Lipinski definition) is 0. The Morgan fingerprint density at radius 3 is 3.11 bits per heavy atom. The summed E-state index contributed by atoms with van der Waals surface area (Å²) in [5.74, 6) is 0.892. The summed E-state index contributed by atoms with van der Waals surface area (Å²) in [6.07, 6.45) is 6.36. The van der Waals surface area contributed by atoms with Gasteiger partial charge in [0.15, 0.2) is 5.16 Å². The minimum absolute atomic E-state index is 0.0248. The first-order valence-corrected chi connectivity index (χ1v) is 10.9. The molecule has 0 fully saturated rings. The smallest absolute Gasteiger partial charge is 0.263 e. The van der Waals surface area contributed by atoms with Crippen LogP contribution in [-0.2, 0) is 30.7 Å². The summed E-state index contributed by atoms with van der Waals surface area (Å²) in [7, 11) is 1.74. The van der Waals surface area contributed by atoms with Crippen LogP contribution in [-0.4, -0.2) is 33.2 Å². The van der Waals surface area contributed by atoms with Crippen LogP contribution in [0.5, 0.6) is 0 Å². The SMILES string of the molecule is C=CCn1c(SCC(=O)N(C)Cc2ccco2)nc2sc3c(c2c1=O)CCC3. The highest BCUT2D eigenvalue weighted by molar-refractivity contribution is 7.99. The molecule has 28 heavy (non-hydrogen) atoms. The van der Waals surface area contributed by atoms with Crippen molar-refractivity contribution in [2.24, 2.45) is 0 Å². The molecule has 8 heteroatoms. The molecule has 3 heterocycles. The Kier molecular flexibility index (Phi) is 5.41. The van der Waals surface area contributed by atoms with Gasteiger partial charge in [-0.2, -0.15) is 0 Å². The van der Waals surface area contributed by atoms with Gasteiger partial charge in [0.2, 0.25) is 5.91 Å². The number of aromatic nitrogens is 2. The van der Waals surface area contributed by atoms with Crippen LogP contribution in [0.2, 0.25) is 0 Å². The van der Waals surface area contributed by atoms with Crippen molar-refractivity contribution in [3.8, 4) is 0 Å². The van der Waals surface area contributed by atoms with Gasteiger partial charge in [0.05, 0.1) is 23.9 Å². The van der Waals surface area contributed by atoms with Crippen molar-refractivity contribution in [3.05, 3.63) is 57.6 Å². The number of amides is 1. The molecule has 3 aromatic rings. The van der Waals surface area contributed by atoms with Gasteiger partial charge in [-0.05, 0) is 37.0 Å². The molecule has 0 radical (unpaired) electrons. The number of thiophene rings is 1.